The van der Waals surface area contributed by atoms with Crippen molar-refractivity contribution in [2.24, 2.45) is 0 Å². The molecule has 19 heavy (non-hydrogen) atoms. The molecule has 1 amide bonds. The minimum atomic E-state index is -0.233. The number of nitrogens with zero attached hydrogens (tertiary/aromatic N) is 3. The predicted molar refractivity (Wildman–Crippen MR) is 70.0 cm³/mol. The van der Waals surface area contributed by atoms with Crippen molar-refractivity contribution in [2.45, 2.75) is 18.9 Å². The smallest absolute Gasteiger partial charge is 0.259 e. The van der Waals surface area contributed by atoms with Crippen LogP contribution in [0.5, 0.6) is 0 Å². The SMILES string of the molecule is O=C(Nc1nnc([C@H]2CCCO2)s1)c1cccnc1. The van der Waals surface area contributed by atoms with E-state index in [-0.39, 0.29) is 12.0 Å². The first-order valence-electron chi connectivity index (χ1n) is 5.99. The van der Waals surface area contributed by atoms with Crippen LogP contribution in [0.25, 0.3) is 0 Å². The van der Waals surface area contributed by atoms with Gasteiger partial charge in [-0.1, -0.05) is 11.3 Å². The number of anilines is 1. The van der Waals surface area contributed by atoms with Crippen molar-refractivity contribution in [3.8, 4) is 0 Å². The van der Waals surface area contributed by atoms with E-state index in [2.05, 4.69) is 20.5 Å². The molecule has 3 heterocycles. The summed E-state index contributed by atoms with van der Waals surface area (Å²) in [5, 5.41) is 12.0. The quantitative estimate of drug-likeness (QED) is 0.928. The van der Waals surface area contributed by atoms with E-state index in [1.807, 2.05) is 0 Å². The van der Waals surface area contributed by atoms with E-state index in [0.717, 1.165) is 24.5 Å². The van der Waals surface area contributed by atoms with Crippen LogP contribution in [0.1, 0.15) is 34.3 Å². The zero-order valence-corrected chi connectivity index (χ0v) is 10.9. The standard InChI is InChI=1S/C12H12N4O2S/c17-10(8-3-1-5-13-7-8)14-12-16-15-11(19-12)9-4-2-6-18-9/h1,3,5,7,9H,2,4,6H2,(H,14,16,17)/t9-/m1/s1. The Balaban J connectivity index is 1.68. The highest BCUT2D eigenvalue weighted by Crippen LogP contribution is 2.31. The van der Waals surface area contributed by atoms with Gasteiger partial charge in [-0.05, 0) is 25.0 Å². The van der Waals surface area contributed by atoms with E-state index in [9.17, 15) is 4.79 Å². The molecule has 0 unspecified atom stereocenters. The third-order valence-electron chi connectivity index (χ3n) is 2.79. The summed E-state index contributed by atoms with van der Waals surface area (Å²) < 4.78 is 5.53. The normalized spacial score (nSPS) is 18.4. The number of pyridine rings is 1. The number of carbonyl (C=O) groups excluding carboxylic acids is 1. The lowest BCUT2D eigenvalue weighted by molar-refractivity contribution is 0.102. The maximum atomic E-state index is 11.9. The maximum Gasteiger partial charge on any atom is 0.259 e. The van der Waals surface area contributed by atoms with Gasteiger partial charge in [0.15, 0.2) is 0 Å². The number of nitrogens with one attached hydrogen (secondary N) is 1. The second-order valence-corrected chi connectivity index (χ2v) is 5.15. The molecule has 1 atom stereocenters. The second kappa shape index (κ2) is 5.41. The molecule has 6 nitrogen and oxygen atoms in total. The van der Waals surface area contributed by atoms with Gasteiger partial charge in [-0.15, -0.1) is 10.2 Å². The van der Waals surface area contributed by atoms with Crippen molar-refractivity contribution >= 4 is 22.4 Å². The Hall–Kier alpha value is -1.86. The molecule has 7 heteroatoms. The highest BCUT2D eigenvalue weighted by Gasteiger charge is 2.22. The Kier molecular flexibility index (Phi) is 3.47. The van der Waals surface area contributed by atoms with Gasteiger partial charge in [-0.25, -0.2) is 0 Å². The summed E-state index contributed by atoms with van der Waals surface area (Å²) in [6.45, 7) is 0.765. The molecule has 1 aliphatic heterocycles. The lowest BCUT2D eigenvalue weighted by atomic mass is 10.2. The van der Waals surface area contributed by atoms with Crippen LogP contribution >= 0.6 is 11.3 Å². The first kappa shape index (κ1) is 12.2. The zero-order chi connectivity index (χ0) is 13.1. The van der Waals surface area contributed by atoms with E-state index >= 15 is 0 Å². The number of amides is 1. The minimum Gasteiger partial charge on any atom is -0.371 e. The summed E-state index contributed by atoms with van der Waals surface area (Å²) in [4.78, 5) is 15.8. The van der Waals surface area contributed by atoms with Crippen LogP contribution in [0, 0.1) is 0 Å². The molecule has 3 rings (SSSR count). The fourth-order valence-electron chi connectivity index (χ4n) is 1.85. The minimum absolute atomic E-state index is 0.0292. The number of rotatable bonds is 3. The van der Waals surface area contributed by atoms with Gasteiger partial charge in [-0.2, -0.15) is 0 Å². The summed E-state index contributed by atoms with van der Waals surface area (Å²) >= 11 is 1.35. The van der Waals surface area contributed by atoms with Gasteiger partial charge in [0.25, 0.3) is 5.91 Å². The molecule has 0 bridgehead atoms. The van der Waals surface area contributed by atoms with Crippen molar-refractivity contribution in [1.82, 2.24) is 15.2 Å². The van der Waals surface area contributed by atoms with Crippen LogP contribution < -0.4 is 5.32 Å². The number of carbonyl (C=O) groups is 1. The lowest BCUT2D eigenvalue weighted by Crippen LogP contribution is -2.11. The van der Waals surface area contributed by atoms with E-state index in [0.29, 0.717) is 10.7 Å². The average molecular weight is 276 g/mol. The molecule has 2 aromatic rings. The number of ether oxygens (including phenoxy) is 1. The van der Waals surface area contributed by atoms with Crippen LogP contribution in [0.3, 0.4) is 0 Å². The largest absolute Gasteiger partial charge is 0.371 e. The summed E-state index contributed by atoms with van der Waals surface area (Å²) in [5.41, 5.74) is 0.497. The van der Waals surface area contributed by atoms with E-state index in [1.165, 1.54) is 17.5 Å². The van der Waals surface area contributed by atoms with Gasteiger partial charge >= 0.3 is 0 Å². The molecule has 2 aromatic heterocycles. The fraction of sp³-hybridized carbons (Fsp3) is 0.333. The molecule has 0 saturated carbocycles. The molecule has 1 aliphatic rings. The molecule has 0 radical (unpaired) electrons. The highest BCUT2D eigenvalue weighted by atomic mass is 32.1. The van der Waals surface area contributed by atoms with Crippen LogP contribution in [0.4, 0.5) is 5.13 Å². The molecule has 1 saturated heterocycles. The Morgan fingerprint density at radius 2 is 2.42 bits per heavy atom. The monoisotopic (exact) mass is 276 g/mol. The van der Waals surface area contributed by atoms with E-state index < -0.39 is 0 Å². The third kappa shape index (κ3) is 2.77. The Bertz CT molecular complexity index is 566. The van der Waals surface area contributed by atoms with Gasteiger partial charge in [0.2, 0.25) is 5.13 Å². The summed E-state index contributed by atoms with van der Waals surface area (Å²) in [6.07, 6.45) is 5.17. The van der Waals surface area contributed by atoms with E-state index in [1.54, 1.807) is 18.3 Å². The molecule has 0 aliphatic carbocycles. The van der Waals surface area contributed by atoms with Gasteiger partial charge in [0.1, 0.15) is 11.1 Å². The van der Waals surface area contributed by atoms with Crippen LogP contribution in [-0.2, 0) is 4.74 Å². The molecule has 98 valence electrons. The Labute approximate surface area is 113 Å². The number of aromatic nitrogens is 3. The second-order valence-electron chi connectivity index (χ2n) is 4.14. The molecular weight excluding hydrogens is 264 g/mol. The molecule has 0 aromatic carbocycles. The first-order chi connectivity index (χ1) is 9.33. The van der Waals surface area contributed by atoms with Crippen molar-refractivity contribution in [3.63, 3.8) is 0 Å². The molecule has 0 spiro atoms. The highest BCUT2D eigenvalue weighted by molar-refractivity contribution is 7.15. The van der Waals surface area contributed by atoms with Gasteiger partial charge < -0.3 is 4.74 Å². The van der Waals surface area contributed by atoms with Crippen molar-refractivity contribution < 1.29 is 9.53 Å². The fourth-order valence-corrected chi connectivity index (χ4v) is 2.68. The topological polar surface area (TPSA) is 77.0 Å². The number of hydrogen-bond donors (Lipinski definition) is 1. The molecule has 1 N–H and O–H groups in total. The Morgan fingerprint density at radius 1 is 1.47 bits per heavy atom. The van der Waals surface area contributed by atoms with Gasteiger partial charge in [0, 0.05) is 19.0 Å². The van der Waals surface area contributed by atoms with Crippen LogP contribution in [0.15, 0.2) is 24.5 Å². The maximum absolute atomic E-state index is 11.9. The van der Waals surface area contributed by atoms with Crippen molar-refractivity contribution in [3.05, 3.63) is 35.1 Å². The predicted octanol–water partition coefficient (Wildman–Crippen LogP) is 2.04. The summed E-state index contributed by atoms with van der Waals surface area (Å²) in [6, 6.07) is 3.41. The zero-order valence-electron chi connectivity index (χ0n) is 10.1. The van der Waals surface area contributed by atoms with Gasteiger partial charge in [-0.3, -0.25) is 15.1 Å². The molecular formula is C12H12N4O2S. The Morgan fingerprint density at radius 3 is 3.16 bits per heavy atom. The average Bonchev–Trinajstić information content (AvgIpc) is 3.10. The third-order valence-corrected chi connectivity index (χ3v) is 3.72. The summed E-state index contributed by atoms with van der Waals surface area (Å²) in [7, 11) is 0. The van der Waals surface area contributed by atoms with E-state index in [4.69, 9.17) is 4.74 Å². The van der Waals surface area contributed by atoms with Crippen LogP contribution in [-0.4, -0.2) is 27.7 Å². The van der Waals surface area contributed by atoms with Gasteiger partial charge in [0.05, 0.1) is 5.56 Å². The first-order valence-corrected chi connectivity index (χ1v) is 6.81. The lowest BCUT2D eigenvalue weighted by Gasteiger charge is -2.02. The summed E-state index contributed by atoms with van der Waals surface area (Å²) in [5.74, 6) is -0.233. The van der Waals surface area contributed by atoms with Crippen molar-refractivity contribution in [1.29, 1.82) is 0 Å². The molecule has 1 fully saturated rings. The number of hydrogen-bond acceptors (Lipinski definition) is 6. The van der Waals surface area contributed by atoms with Crippen molar-refractivity contribution in [2.75, 3.05) is 11.9 Å². The van der Waals surface area contributed by atoms with Crippen LogP contribution in [0.2, 0.25) is 0 Å².